The standard InChI is InChI=1S/C16H22O5.C2H6/c1-12-6-7-13(16(17)18-2)14(11-12)19-9-10-21-15-5-3-4-8-20-15;1-2/h6-7,11,15H,3-5,8-10H2,1-2H3;1-2H3. The van der Waals surface area contributed by atoms with E-state index in [9.17, 15) is 4.79 Å². The van der Waals surface area contributed by atoms with Crippen LogP contribution in [0, 0.1) is 6.92 Å². The summed E-state index contributed by atoms with van der Waals surface area (Å²) in [7, 11) is 1.36. The summed E-state index contributed by atoms with van der Waals surface area (Å²) in [5.41, 5.74) is 1.45. The molecule has 0 bridgehead atoms. The second kappa shape index (κ2) is 11.0. The highest BCUT2D eigenvalue weighted by Gasteiger charge is 2.15. The second-order valence-corrected chi connectivity index (χ2v) is 5.01. The van der Waals surface area contributed by atoms with Gasteiger partial charge in [-0.2, -0.15) is 0 Å². The van der Waals surface area contributed by atoms with Gasteiger partial charge >= 0.3 is 5.97 Å². The molecule has 0 aromatic heterocycles. The van der Waals surface area contributed by atoms with E-state index in [0.717, 1.165) is 31.4 Å². The van der Waals surface area contributed by atoms with Crippen LogP contribution in [0.25, 0.3) is 0 Å². The van der Waals surface area contributed by atoms with Crippen molar-refractivity contribution in [2.24, 2.45) is 0 Å². The predicted octanol–water partition coefficient (Wildman–Crippen LogP) is 3.73. The molecule has 0 amide bonds. The molecule has 1 unspecified atom stereocenters. The van der Waals surface area contributed by atoms with Crippen LogP contribution in [0.5, 0.6) is 5.75 Å². The molecule has 1 aliphatic heterocycles. The van der Waals surface area contributed by atoms with Crippen LogP contribution in [-0.2, 0) is 14.2 Å². The molecule has 1 atom stereocenters. The van der Waals surface area contributed by atoms with Gasteiger partial charge in [0.05, 0.1) is 13.7 Å². The summed E-state index contributed by atoms with van der Waals surface area (Å²) in [6.07, 6.45) is 3.04. The second-order valence-electron chi connectivity index (χ2n) is 5.01. The van der Waals surface area contributed by atoms with Crippen LogP contribution >= 0.6 is 0 Å². The van der Waals surface area contributed by atoms with Crippen molar-refractivity contribution < 1.29 is 23.7 Å². The highest BCUT2D eigenvalue weighted by atomic mass is 16.7. The first-order valence-electron chi connectivity index (χ1n) is 8.25. The molecule has 0 saturated carbocycles. The molecule has 1 aromatic carbocycles. The van der Waals surface area contributed by atoms with E-state index in [4.69, 9.17) is 18.9 Å². The van der Waals surface area contributed by atoms with Crippen molar-refractivity contribution in [3.8, 4) is 5.75 Å². The number of hydrogen-bond donors (Lipinski definition) is 0. The Morgan fingerprint density at radius 1 is 1.26 bits per heavy atom. The fourth-order valence-corrected chi connectivity index (χ4v) is 2.20. The molecule has 0 radical (unpaired) electrons. The summed E-state index contributed by atoms with van der Waals surface area (Å²) in [6.45, 7) is 7.50. The average molecular weight is 324 g/mol. The number of aryl methyl sites for hydroxylation is 1. The lowest BCUT2D eigenvalue weighted by molar-refractivity contribution is -0.165. The minimum Gasteiger partial charge on any atom is -0.490 e. The fraction of sp³-hybridized carbons (Fsp3) is 0.611. The van der Waals surface area contributed by atoms with Crippen molar-refractivity contribution >= 4 is 5.97 Å². The van der Waals surface area contributed by atoms with Crippen LogP contribution in [-0.4, -0.2) is 39.2 Å². The number of methoxy groups -OCH3 is 1. The molecule has 2 rings (SSSR count). The van der Waals surface area contributed by atoms with Crippen LogP contribution in [0.4, 0.5) is 0 Å². The molecule has 5 heteroatoms. The van der Waals surface area contributed by atoms with E-state index < -0.39 is 5.97 Å². The van der Waals surface area contributed by atoms with E-state index in [1.165, 1.54) is 7.11 Å². The maximum Gasteiger partial charge on any atom is 0.341 e. The van der Waals surface area contributed by atoms with Crippen LogP contribution in [0.1, 0.15) is 49.0 Å². The molecular formula is C18H28O5. The first-order chi connectivity index (χ1) is 11.2. The minimum atomic E-state index is -0.401. The minimum absolute atomic E-state index is 0.125. The van der Waals surface area contributed by atoms with Gasteiger partial charge in [0.15, 0.2) is 6.29 Å². The lowest BCUT2D eigenvalue weighted by Crippen LogP contribution is -2.24. The summed E-state index contributed by atoms with van der Waals surface area (Å²) >= 11 is 0. The summed E-state index contributed by atoms with van der Waals surface area (Å²) in [5, 5.41) is 0. The summed E-state index contributed by atoms with van der Waals surface area (Å²) in [6, 6.07) is 5.39. The maximum atomic E-state index is 11.7. The van der Waals surface area contributed by atoms with Crippen molar-refractivity contribution in [1.29, 1.82) is 0 Å². The van der Waals surface area contributed by atoms with Crippen molar-refractivity contribution in [3.63, 3.8) is 0 Å². The van der Waals surface area contributed by atoms with Gasteiger partial charge in [-0.25, -0.2) is 4.79 Å². The van der Waals surface area contributed by atoms with Gasteiger partial charge in [-0.3, -0.25) is 0 Å². The third kappa shape index (κ3) is 6.59. The quantitative estimate of drug-likeness (QED) is 0.589. The summed E-state index contributed by atoms with van der Waals surface area (Å²) in [5.74, 6) is 0.122. The smallest absolute Gasteiger partial charge is 0.341 e. The van der Waals surface area contributed by atoms with Crippen LogP contribution in [0.3, 0.4) is 0 Å². The van der Waals surface area contributed by atoms with Crippen LogP contribution in [0.2, 0.25) is 0 Å². The molecule has 1 heterocycles. The number of carbonyl (C=O) groups is 1. The van der Waals surface area contributed by atoms with Crippen molar-refractivity contribution in [1.82, 2.24) is 0 Å². The van der Waals surface area contributed by atoms with Gasteiger partial charge in [-0.1, -0.05) is 19.9 Å². The summed E-state index contributed by atoms with van der Waals surface area (Å²) in [4.78, 5) is 11.7. The molecule has 1 aromatic rings. The van der Waals surface area contributed by atoms with Gasteiger partial charge in [0.2, 0.25) is 0 Å². The van der Waals surface area contributed by atoms with E-state index in [1.807, 2.05) is 32.9 Å². The molecule has 0 aliphatic carbocycles. The van der Waals surface area contributed by atoms with E-state index in [0.29, 0.717) is 24.5 Å². The Hall–Kier alpha value is -1.59. The molecule has 23 heavy (non-hydrogen) atoms. The van der Waals surface area contributed by atoms with Crippen molar-refractivity contribution in [3.05, 3.63) is 29.3 Å². The van der Waals surface area contributed by atoms with E-state index in [1.54, 1.807) is 6.07 Å². The van der Waals surface area contributed by atoms with Crippen molar-refractivity contribution in [2.75, 3.05) is 26.9 Å². The van der Waals surface area contributed by atoms with E-state index >= 15 is 0 Å². The third-order valence-electron chi connectivity index (χ3n) is 3.32. The molecule has 5 nitrogen and oxygen atoms in total. The number of esters is 1. The fourth-order valence-electron chi connectivity index (χ4n) is 2.20. The number of ether oxygens (including phenoxy) is 4. The van der Waals surface area contributed by atoms with Gasteiger partial charge in [-0.05, 0) is 43.9 Å². The number of carbonyl (C=O) groups excluding carboxylic acids is 1. The maximum absolute atomic E-state index is 11.7. The van der Waals surface area contributed by atoms with Gasteiger partial charge < -0.3 is 18.9 Å². The molecule has 0 spiro atoms. The predicted molar refractivity (Wildman–Crippen MR) is 88.9 cm³/mol. The van der Waals surface area contributed by atoms with Crippen molar-refractivity contribution in [2.45, 2.75) is 46.3 Å². The first kappa shape index (κ1) is 19.5. The monoisotopic (exact) mass is 324 g/mol. The Bertz CT molecular complexity index is 466. The molecule has 1 fully saturated rings. The zero-order valence-electron chi connectivity index (χ0n) is 14.6. The first-order valence-corrected chi connectivity index (χ1v) is 8.25. The Balaban J connectivity index is 0.00000127. The zero-order chi connectivity index (χ0) is 17.1. The molecule has 130 valence electrons. The SMILES string of the molecule is CC.COC(=O)c1ccc(C)cc1OCCOC1CCCCO1. The summed E-state index contributed by atoms with van der Waals surface area (Å²) < 4.78 is 21.5. The Morgan fingerprint density at radius 2 is 2.04 bits per heavy atom. The van der Waals surface area contributed by atoms with Crippen LogP contribution < -0.4 is 4.74 Å². The third-order valence-corrected chi connectivity index (χ3v) is 3.32. The Kier molecular flexibility index (Phi) is 9.33. The highest BCUT2D eigenvalue weighted by molar-refractivity contribution is 5.92. The van der Waals surface area contributed by atoms with E-state index in [2.05, 4.69) is 0 Å². The average Bonchev–Trinajstić information content (AvgIpc) is 2.61. The van der Waals surface area contributed by atoms with Gasteiger partial charge in [0.25, 0.3) is 0 Å². The number of hydrogen-bond acceptors (Lipinski definition) is 5. The molecular weight excluding hydrogens is 296 g/mol. The lowest BCUT2D eigenvalue weighted by Gasteiger charge is -2.22. The van der Waals surface area contributed by atoms with Crippen LogP contribution in [0.15, 0.2) is 18.2 Å². The topological polar surface area (TPSA) is 54.0 Å². The molecule has 1 saturated heterocycles. The number of benzene rings is 1. The molecule has 1 aliphatic rings. The lowest BCUT2D eigenvalue weighted by atomic mass is 10.1. The normalized spacial score (nSPS) is 17.0. The zero-order valence-corrected chi connectivity index (χ0v) is 14.6. The van der Waals surface area contributed by atoms with Gasteiger partial charge in [-0.15, -0.1) is 0 Å². The van der Waals surface area contributed by atoms with Gasteiger partial charge in [0, 0.05) is 6.61 Å². The number of rotatable bonds is 6. The van der Waals surface area contributed by atoms with E-state index in [-0.39, 0.29) is 6.29 Å². The van der Waals surface area contributed by atoms with Gasteiger partial charge in [0.1, 0.15) is 17.9 Å². The Morgan fingerprint density at radius 3 is 2.70 bits per heavy atom. The molecule has 0 N–H and O–H groups in total. The highest BCUT2D eigenvalue weighted by Crippen LogP contribution is 2.21. The largest absolute Gasteiger partial charge is 0.490 e. The Labute approximate surface area is 138 Å².